The number of nitrogens with zero attached hydrogens (tertiary/aromatic N) is 3. The van der Waals surface area contributed by atoms with Crippen LogP contribution in [0.3, 0.4) is 0 Å². The molecule has 0 spiro atoms. The van der Waals surface area contributed by atoms with Gasteiger partial charge in [0.25, 0.3) is 5.56 Å². The number of fused-ring (bicyclic) bond motifs is 1. The van der Waals surface area contributed by atoms with Crippen LogP contribution in [-0.2, 0) is 11.3 Å². The maximum atomic E-state index is 12.9. The van der Waals surface area contributed by atoms with Crippen LogP contribution < -0.4 is 5.56 Å². The number of thioether (sulfide) groups is 1. The van der Waals surface area contributed by atoms with E-state index < -0.39 is 0 Å². The molecule has 5 nitrogen and oxygen atoms in total. The van der Waals surface area contributed by atoms with E-state index in [1.807, 2.05) is 48.5 Å². The normalized spacial score (nSPS) is 13.6. The monoisotopic (exact) mass is 457 g/mol. The zero-order chi connectivity index (χ0) is 19.7. The third-order valence-corrected chi connectivity index (χ3v) is 6.51. The first-order valence-electron chi connectivity index (χ1n) is 9.16. The predicted molar refractivity (Wildman–Crippen MR) is 116 cm³/mol. The van der Waals surface area contributed by atoms with E-state index in [2.05, 4.69) is 20.9 Å². The van der Waals surface area contributed by atoms with Crippen molar-refractivity contribution in [1.29, 1.82) is 0 Å². The summed E-state index contributed by atoms with van der Waals surface area (Å²) in [7, 11) is 1.80. The van der Waals surface area contributed by atoms with E-state index >= 15 is 0 Å². The molecule has 0 aliphatic heterocycles. The lowest BCUT2D eigenvalue weighted by Crippen LogP contribution is -2.29. The summed E-state index contributed by atoms with van der Waals surface area (Å²) in [6, 6.07) is 15.5. The van der Waals surface area contributed by atoms with Gasteiger partial charge in [-0.1, -0.05) is 58.0 Å². The van der Waals surface area contributed by atoms with Gasteiger partial charge in [-0.3, -0.25) is 14.2 Å². The van der Waals surface area contributed by atoms with Gasteiger partial charge in [0.2, 0.25) is 5.91 Å². The fourth-order valence-electron chi connectivity index (χ4n) is 3.09. The SMILES string of the molecule is CN(Cc1ccccc1Br)C(=O)CSc1nc2ccccc2c(=O)n1C1CC1. The number of halogens is 1. The minimum Gasteiger partial charge on any atom is -0.341 e. The summed E-state index contributed by atoms with van der Waals surface area (Å²) >= 11 is 4.87. The van der Waals surface area contributed by atoms with Gasteiger partial charge in [0, 0.05) is 24.1 Å². The predicted octanol–water partition coefficient (Wildman–Crippen LogP) is 4.24. The molecule has 1 aliphatic rings. The Morgan fingerprint density at radius 3 is 2.68 bits per heavy atom. The summed E-state index contributed by atoms with van der Waals surface area (Å²) in [5.41, 5.74) is 1.73. The highest BCUT2D eigenvalue weighted by atomic mass is 79.9. The van der Waals surface area contributed by atoms with E-state index in [-0.39, 0.29) is 23.3 Å². The average Bonchev–Trinajstić information content (AvgIpc) is 3.53. The lowest BCUT2D eigenvalue weighted by molar-refractivity contribution is -0.127. The van der Waals surface area contributed by atoms with E-state index in [4.69, 9.17) is 0 Å². The first-order valence-corrected chi connectivity index (χ1v) is 10.9. The largest absolute Gasteiger partial charge is 0.341 e. The summed E-state index contributed by atoms with van der Waals surface area (Å²) in [6.45, 7) is 0.529. The fourth-order valence-corrected chi connectivity index (χ4v) is 4.51. The van der Waals surface area contributed by atoms with E-state index in [9.17, 15) is 9.59 Å². The maximum Gasteiger partial charge on any atom is 0.262 e. The second kappa shape index (κ2) is 8.09. The summed E-state index contributed by atoms with van der Waals surface area (Å²) in [4.78, 5) is 31.9. The Balaban J connectivity index is 1.52. The van der Waals surface area contributed by atoms with Crippen molar-refractivity contribution in [2.24, 2.45) is 0 Å². The van der Waals surface area contributed by atoms with Gasteiger partial charge >= 0.3 is 0 Å². The van der Waals surface area contributed by atoms with Gasteiger partial charge in [0.15, 0.2) is 5.16 Å². The molecule has 7 heteroatoms. The number of hydrogen-bond donors (Lipinski definition) is 0. The van der Waals surface area contributed by atoms with Gasteiger partial charge in [-0.25, -0.2) is 4.98 Å². The van der Waals surface area contributed by atoms with Crippen LogP contribution in [0.15, 0.2) is 63.0 Å². The van der Waals surface area contributed by atoms with Crippen molar-refractivity contribution >= 4 is 44.5 Å². The van der Waals surface area contributed by atoms with Gasteiger partial charge in [-0.15, -0.1) is 0 Å². The number of para-hydroxylation sites is 1. The van der Waals surface area contributed by atoms with Crippen molar-refractivity contribution in [3.8, 4) is 0 Å². The van der Waals surface area contributed by atoms with Crippen LogP contribution >= 0.6 is 27.7 Å². The van der Waals surface area contributed by atoms with Crippen molar-refractivity contribution in [3.63, 3.8) is 0 Å². The molecule has 1 aliphatic carbocycles. The standard InChI is InChI=1S/C21H20BrN3O2S/c1-24(12-14-6-2-4-8-17(14)22)19(26)13-28-21-23-18-9-5-3-7-16(18)20(27)25(21)15-10-11-15/h2-9,15H,10-13H2,1H3. The van der Waals surface area contributed by atoms with Gasteiger partial charge < -0.3 is 4.90 Å². The molecule has 1 heterocycles. The number of carbonyl (C=O) groups is 1. The highest BCUT2D eigenvalue weighted by Crippen LogP contribution is 2.36. The Morgan fingerprint density at radius 2 is 1.93 bits per heavy atom. The molecule has 4 rings (SSSR count). The molecule has 0 unspecified atom stereocenters. The smallest absolute Gasteiger partial charge is 0.262 e. The summed E-state index contributed by atoms with van der Waals surface area (Å²) in [5, 5.41) is 1.27. The van der Waals surface area contributed by atoms with Gasteiger partial charge in [0.05, 0.1) is 16.7 Å². The van der Waals surface area contributed by atoms with Crippen LogP contribution in [-0.4, -0.2) is 33.2 Å². The third kappa shape index (κ3) is 4.00. The Hall–Kier alpha value is -2.12. The lowest BCUT2D eigenvalue weighted by atomic mass is 10.2. The van der Waals surface area contributed by atoms with Crippen LogP contribution in [0.2, 0.25) is 0 Å². The van der Waals surface area contributed by atoms with Gasteiger partial charge in [-0.05, 0) is 36.6 Å². The van der Waals surface area contributed by atoms with Crippen molar-refractivity contribution in [2.45, 2.75) is 30.6 Å². The molecule has 0 atom stereocenters. The molecule has 1 amide bonds. The average molecular weight is 458 g/mol. The Kier molecular flexibility index (Phi) is 5.55. The molecular weight excluding hydrogens is 438 g/mol. The maximum absolute atomic E-state index is 12.9. The molecular formula is C21H20BrN3O2S. The van der Waals surface area contributed by atoms with Crippen LogP contribution in [0.4, 0.5) is 0 Å². The highest BCUT2D eigenvalue weighted by molar-refractivity contribution is 9.10. The summed E-state index contributed by atoms with van der Waals surface area (Å²) in [6.07, 6.45) is 1.98. The van der Waals surface area contributed by atoms with Crippen molar-refractivity contribution in [3.05, 3.63) is 68.9 Å². The Labute approximate surface area is 175 Å². The quantitative estimate of drug-likeness (QED) is 0.410. The molecule has 144 valence electrons. The summed E-state index contributed by atoms with van der Waals surface area (Å²) < 4.78 is 2.76. The van der Waals surface area contributed by atoms with Crippen molar-refractivity contribution in [2.75, 3.05) is 12.8 Å². The minimum absolute atomic E-state index is 0.00510. The molecule has 0 saturated heterocycles. The first-order chi connectivity index (χ1) is 13.5. The molecule has 28 heavy (non-hydrogen) atoms. The Bertz CT molecular complexity index is 1090. The number of hydrogen-bond acceptors (Lipinski definition) is 4. The van der Waals surface area contributed by atoms with Gasteiger partial charge in [0.1, 0.15) is 0 Å². The number of aromatic nitrogens is 2. The molecule has 0 radical (unpaired) electrons. The molecule has 1 aromatic heterocycles. The number of benzene rings is 2. The molecule has 1 fully saturated rings. The topological polar surface area (TPSA) is 55.2 Å². The van der Waals surface area contributed by atoms with Crippen LogP contribution in [0.5, 0.6) is 0 Å². The zero-order valence-corrected chi connectivity index (χ0v) is 17.9. The Morgan fingerprint density at radius 1 is 1.21 bits per heavy atom. The third-order valence-electron chi connectivity index (χ3n) is 4.80. The van der Waals surface area contributed by atoms with Crippen molar-refractivity contribution in [1.82, 2.24) is 14.5 Å². The van der Waals surface area contributed by atoms with Gasteiger partial charge in [-0.2, -0.15) is 0 Å². The van der Waals surface area contributed by atoms with E-state index in [0.717, 1.165) is 22.9 Å². The first kappa shape index (κ1) is 19.2. The minimum atomic E-state index is -0.00961. The van der Waals surface area contributed by atoms with Crippen LogP contribution in [0, 0.1) is 0 Å². The molecule has 1 saturated carbocycles. The summed E-state index contributed by atoms with van der Waals surface area (Å²) in [5.74, 6) is 0.254. The molecule has 3 aromatic rings. The number of amides is 1. The number of rotatable bonds is 6. The molecule has 0 N–H and O–H groups in total. The van der Waals surface area contributed by atoms with Crippen LogP contribution in [0.25, 0.3) is 10.9 Å². The second-order valence-electron chi connectivity index (χ2n) is 6.95. The second-order valence-corrected chi connectivity index (χ2v) is 8.74. The van der Waals surface area contributed by atoms with Crippen molar-refractivity contribution < 1.29 is 4.79 Å². The molecule has 2 aromatic carbocycles. The zero-order valence-electron chi connectivity index (χ0n) is 15.5. The fraction of sp³-hybridized carbons (Fsp3) is 0.286. The lowest BCUT2D eigenvalue weighted by Gasteiger charge is -2.18. The van der Waals surface area contributed by atoms with E-state index in [1.165, 1.54) is 11.8 Å². The molecule has 0 bridgehead atoms. The van der Waals surface area contributed by atoms with Crippen LogP contribution in [0.1, 0.15) is 24.4 Å². The number of carbonyl (C=O) groups excluding carboxylic acids is 1. The van der Waals surface area contributed by atoms with E-state index in [0.29, 0.717) is 22.6 Å². The highest BCUT2D eigenvalue weighted by Gasteiger charge is 2.29. The van der Waals surface area contributed by atoms with E-state index in [1.54, 1.807) is 16.5 Å².